The van der Waals surface area contributed by atoms with Crippen LogP contribution in [0.3, 0.4) is 0 Å². The number of anilines is 1. The third-order valence-corrected chi connectivity index (χ3v) is 2.92. The third-order valence-electron chi connectivity index (χ3n) is 2.68. The topological polar surface area (TPSA) is 21.3 Å². The summed E-state index contributed by atoms with van der Waals surface area (Å²) in [7, 11) is 0. The molecule has 0 aliphatic carbocycles. The van der Waals surface area contributed by atoms with Crippen LogP contribution in [0.25, 0.3) is 0 Å². The number of hydrogen-bond donors (Lipinski definition) is 1. The number of hydrogen-bond acceptors (Lipinski definition) is 2. The summed E-state index contributed by atoms with van der Waals surface area (Å²) >= 11 is 5.71. The Morgan fingerprint density at radius 2 is 2.05 bits per heavy atom. The Labute approximate surface area is 122 Å². The molecular weight excluding hydrogens is 277 g/mol. The van der Waals surface area contributed by atoms with E-state index >= 15 is 0 Å². The molecule has 20 heavy (non-hydrogen) atoms. The van der Waals surface area contributed by atoms with Gasteiger partial charge in [0.05, 0.1) is 5.69 Å². The van der Waals surface area contributed by atoms with Gasteiger partial charge in [-0.15, -0.1) is 6.42 Å². The van der Waals surface area contributed by atoms with Crippen molar-refractivity contribution in [1.29, 1.82) is 0 Å². The van der Waals surface area contributed by atoms with Gasteiger partial charge in [-0.1, -0.05) is 35.7 Å². The molecule has 0 fully saturated rings. The predicted molar refractivity (Wildman–Crippen MR) is 79.5 cm³/mol. The predicted octanol–water partition coefficient (Wildman–Crippen LogP) is 4.10. The van der Waals surface area contributed by atoms with Crippen LogP contribution < -0.4 is 10.1 Å². The van der Waals surface area contributed by atoms with Crippen molar-refractivity contribution in [2.75, 3.05) is 11.9 Å². The molecule has 0 spiro atoms. The Bertz CT molecular complexity index is 637. The maximum Gasteiger partial charge on any atom is 0.148 e. The number of benzene rings is 2. The lowest BCUT2D eigenvalue weighted by molar-refractivity contribution is 0.366. The quantitative estimate of drug-likeness (QED) is 0.837. The van der Waals surface area contributed by atoms with Crippen molar-refractivity contribution in [2.45, 2.75) is 6.54 Å². The van der Waals surface area contributed by atoms with E-state index in [0.29, 0.717) is 23.0 Å². The molecule has 0 atom stereocenters. The Balaban J connectivity index is 2.09. The molecule has 0 heterocycles. The molecule has 2 nitrogen and oxygen atoms in total. The van der Waals surface area contributed by atoms with Crippen LogP contribution in [-0.2, 0) is 6.54 Å². The van der Waals surface area contributed by atoms with Gasteiger partial charge in [0.25, 0.3) is 0 Å². The van der Waals surface area contributed by atoms with Crippen LogP contribution in [-0.4, -0.2) is 6.61 Å². The lowest BCUT2D eigenvalue weighted by atomic mass is 10.2. The minimum Gasteiger partial charge on any atom is -0.481 e. The van der Waals surface area contributed by atoms with Crippen molar-refractivity contribution >= 4 is 17.3 Å². The van der Waals surface area contributed by atoms with Crippen molar-refractivity contribution < 1.29 is 9.13 Å². The molecule has 0 radical (unpaired) electrons. The molecule has 2 aromatic rings. The van der Waals surface area contributed by atoms with Gasteiger partial charge in [-0.2, -0.15) is 0 Å². The van der Waals surface area contributed by atoms with E-state index in [1.54, 1.807) is 12.1 Å². The highest BCUT2D eigenvalue weighted by Gasteiger charge is 2.05. The van der Waals surface area contributed by atoms with Crippen LogP contribution >= 0.6 is 11.6 Å². The Morgan fingerprint density at radius 1 is 1.25 bits per heavy atom. The second-order valence-corrected chi connectivity index (χ2v) is 4.51. The second kappa shape index (κ2) is 6.83. The first-order chi connectivity index (χ1) is 9.70. The van der Waals surface area contributed by atoms with E-state index in [4.69, 9.17) is 22.8 Å². The van der Waals surface area contributed by atoms with Crippen molar-refractivity contribution in [2.24, 2.45) is 0 Å². The van der Waals surface area contributed by atoms with Gasteiger partial charge in [-0.05, 0) is 24.3 Å². The number of nitrogens with one attached hydrogen (secondary N) is 1. The zero-order valence-electron chi connectivity index (χ0n) is 10.7. The largest absolute Gasteiger partial charge is 0.481 e. The van der Waals surface area contributed by atoms with Crippen molar-refractivity contribution in [3.63, 3.8) is 0 Å². The molecule has 2 rings (SSSR count). The standard InChI is InChI=1S/C16H13ClFNO/c1-2-9-20-16-6-4-3-5-12(16)11-19-15-8-7-13(17)10-14(15)18/h1,3-8,10,19H,9,11H2. The van der Waals surface area contributed by atoms with E-state index in [9.17, 15) is 4.39 Å². The summed E-state index contributed by atoms with van der Waals surface area (Å²) in [6, 6.07) is 12.0. The second-order valence-electron chi connectivity index (χ2n) is 4.08. The monoisotopic (exact) mass is 289 g/mol. The normalized spacial score (nSPS) is 9.85. The first-order valence-electron chi connectivity index (χ1n) is 6.04. The van der Waals surface area contributed by atoms with Crippen LogP contribution in [0.4, 0.5) is 10.1 Å². The molecule has 0 unspecified atom stereocenters. The average Bonchev–Trinajstić information content (AvgIpc) is 2.45. The summed E-state index contributed by atoms with van der Waals surface area (Å²) in [4.78, 5) is 0. The van der Waals surface area contributed by atoms with Crippen LogP contribution in [0, 0.1) is 18.2 Å². The minimum absolute atomic E-state index is 0.201. The number of ether oxygens (including phenoxy) is 1. The number of rotatable bonds is 5. The van der Waals surface area contributed by atoms with Gasteiger partial charge in [0.1, 0.15) is 18.2 Å². The van der Waals surface area contributed by atoms with E-state index in [0.717, 1.165) is 5.56 Å². The highest BCUT2D eigenvalue weighted by atomic mass is 35.5. The molecule has 0 amide bonds. The molecule has 0 saturated carbocycles. The summed E-state index contributed by atoms with van der Waals surface area (Å²) in [5, 5.41) is 3.37. The van der Waals surface area contributed by atoms with Gasteiger partial charge in [0.15, 0.2) is 0 Å². The van der Waals surface area contributed by atoms with Crippen LogP contribution in [0.2, 0.25) is 5.02 Å². The molecule has 0 saturated heterocycles. The summed E-state index contributed by atoms with van der Waals surface area (Å²) in [5.74, 6) is 2.71. The van der Waals surface area contributed by atoms with E-state index in [2.05, 4.69) is 11.2 Å². The Hall–Kier alpha value is -2.18. The van der Waals surface area contributed by atoms with E-state index in [-0.39, 0.29) is 12.4 Å². The lowest BCUT2D eigenvalue weighted by Crippen LogP contribution is -2.04. The summed E-state index contributed by atoms with van der Waals surface area (Å²) in [5.41, 5.74) is 1.29. The fraction of sp³-hybridized carbons (Fsp3) is 0.125. The first-order valence-corrected chi connectivity index (χ1v) is 6.41. The zero-order chi connectivity index (χ0) is 14.4. The first kappa shape index (κ1) is 14.2. The molecule has 102 valence electrons. The van der Waals surface area contributed by atoms with Crippen LogP contribution in [0.15, 0.2) is 42.5 Å². The smallest absolute Gasteiger partial charge is 0.148 e. The molecule has 0 bridgehead atoms. The van der Waals surface area contributed by atoms with E-state index in [1.165, 1.54) is 6.07 Å². The van der Waals surface area contributed by atoms with E-state index in [1.807, 2.05) is 24.3 Å². The van der Waals surface area contributed by atoms with Gasteiger partial charge in [0.2, 0.25) is 0 Å². The molecule has 0 aromatic heterocycles. The van der Waals surface area contributed by atoms with Gasteiger partial charge in [0, 0.05) is 17.1 Å². The third kappa shape index (κ3) is 3.66. The Kier molecular flexibility index (Phi) is 4.86. The molecule has 0 aliphatic rings. The van der Waals surface area contributed by atoms with Gasteiger partial charge >= 0.3 is 0 Å². The highest BCUT2D eigenvalue weighted by molar-refractivity contribution is 6.30. The molecule has 1 N–H and O–H groups in total. The maximum absolute atomic E-state index is 13.7. The SMILES string of the molecule is C#CCOc1ccccc1CNc1ccc(Cl)cc1F. The minimum atomic E-state index is -0.389. The fourth-order valence-corrected chi connectivity index (χ4v) is 1.89. The van der Waals surface area contributed by atoms with Crippen molar-refractivity contribution in [3.8, 4) is 18.1 Å². The molecule has 2 aromatic carbocycles. The van der Waals surface area contributed by atoms with Crippen LogP contribution in [0.5, 0.6) is 5.75 Å². The zero-order valence-corrected chi connectivity index (χ0v) is 11.5. The molecular formula is C16H13ClFNO. The van der Waals surface area contributed by atoms with Crippen LogP contribution in [0.1, 0.15) is 5.56 Å². The van der Waals surface area contributed by atoms with Gasteiger partial charge < -0.3 is 10.1 Å². The lowest BCUT2D eigenvalue weighted by Gasteiger charge is -2.12. The molecule has 4 heteroatoms. The molecule has 0 aliphatic heterocycles. The fourth-order valence-electron chi connectivity index (χ4n) is 1.73. The van der Waals surface area contributed by atoms with E-state index < -0.39 is 0 Å². The number of para-hydroxylation sites is 1. The van der Waals surface area contributed by atoms with Crippen molar-refractivity contribution in [3.05, 3.63) is 58.9 Å². The highest BCUT2D eigenvalue weighted by Crippen LogP contribution is 2.22. The van der Waals surface area contributed by atoms with Gasteiger partial charge in [-0.25, -0.2) is 4.39 Å². The summed E-state index contributed by atoms with van der Waals surface area (Å²) in [6.45, 7) is 0.631. The van der Waals surface area contributed by atoms with Crippen molar-refractivity contribution in [1.82, 2.24) is 0 Å². The number of terminal acetylenes is 1. The Morgan fingerprint density at radius 3 is 2.80 bits per heavy atom. The maximum atomic E-state index is 13.7. The summed E-state index contributed by atoms with van der Waals surface area (Å²) < 4.78 is 19.1. The summed E-state index contributed by atoms with van der Waals surface area (Å²) in [6.07, 6.45) is 5.17. The average molecular weight is 290 g/mol. The number of halogens is 2. The van der Waals surface area contributed by atoms with Gasteiger partial charge in [-0.3, -0.25) is 0 Å².